The maximum atomic E-state index is 12.6. The first-order chi connectivity index (χ1) is 9.21. The molecular formula is C11H11F3N4O2. The Balaban J connectivity index is 2.46. The van der Waals surface area contributed by atoms with Crippen molar-refractivity contribution >= 4 is 0 Å². The number of pyridine rings is 1. The molecule has 20 heavy (non-hydrogen) atoms. The first-order valence-corrected chi connectivity index (χ1v) is 5.59. The summed E-state index contributed by atoms with van der Waals surface area (Å²) in [6.45, 7) is 1.03. The Morgan fingerprint density at radius 3 is 2.50 bits per heavy atom. The van der Waals surface area contributed by atoms with E-state index in [2.05, 4.69) is 10.2 Å². The molecule has 108 valence electrons. The highest BCUT2D eigenvalue weighted by Crippen LogP contribution is 2.30. The van der Waals surface area contributed by atoms with E-state index >= 15 is 0 Å². The molecule has 2 heterocycles. The van der Waals surface area contributed by atoms with Gasteiger partial charge in [-0.25, -0.2) is 9.89 Å². The Hall–Kier alpha value is -2.32. The van der Waals surface area contributed by atoms with Crippen LogP contribution in [0.5, 0.6) is 0 Å². The number of rotatable bonds is 2. The minimum Gasteiger partial charge on any atom is -0.308 e. The number of aromatic amines is 1. The van der Waals surface area contributed by atoms with Crippen molar-refractivity contribution in [3.8, 4) is 0 Å². The molecule has 0 aliphatic carbocycles. The van der Waals surface area contributed by atoms with Crippen LogP contribution in [0, 0.1) is 6.92 Å². The van der Waals surface area contributed by atoms with Gasteiger partial charge in [0.05, 0.1) is 12.1 Å². The van der Waals surface area contributed by atoms with Gasteiger partial charge in [0.25, 0.3) is 5.56 Å². The highest BCUT2D eigenvalue weighted by atomic mass is 19.4. The van der Waals surface area contributed by atoms with Crippen molar-refractivity contribution in [3.63, 3.8) is 0 Å². The minimum atomic E-state index is -4.57. The molecule has 2 aromatic heterocycles. The third-order valence-corrected chi connectivity index (χ3v) is 3.00. The summed E-state index contributed by atoms with van der Waals surface area (Å²) in [5.41, 5.74) is -2.58. The molecular weight excluding hydrogens is 277 g/mol. The van der Waals surface area contributed by atoms with Crippen molar-refractivity contribution < 1.29 is 13.2 Å². The number of H-pyrrole nitrogens is 1. The van der Waals surface area contributed by atoms with Gasteiger partial charge in [0.1, 0.15) is 0 Å². The quantitative estimate of drug-likeness (QED) is 0.881. The fraction of sp³-hybridized carbons (Fsp3) is 0.364. The monoisotopic (exact) mass is 288 g/mol. The van der Waals surface area contributed by atoms with Crippen molar-refractivity contribution in [1.82, 2.24) is 19.3 Å². The maximum absolute atomic E-state index is 12.6. The summed E-state index contributed by atoms with van der Waals surface area (Å²) in [5, 5.41) is 5.88. The first kappa shape index (κ1) is 14.1. The molecule has 0 radical (unpaired) electrons. The van der Waals surface area contributed by atoms with Crippen LogP contribution in [0.25, 0.3) is 0 Å². The van der Waals surface area contributed by atoms with E-state index in [4.69, 9.17) is 0 Å². The zero-order chi connectivity index (χ0) is 15.1. The van der Waals surface area contributed by atoms with Crippen LogP contribution < -0.4 is 11.2 Å². The van der Waals surface area contributed by atoms with Gasteiger partial charge >= 0.3 is 11.9 Å². The molecule has 0 aromatic carbocycles. The average Bonchev–Trinajstić information content (AvgIpc) is 2.65. The van der Waals surface area contributed by atoms with Gasteiger partial charge in [-0.3, -0.25) is 9.36 Å². The largest absolute Gasteiger partial charge is 0.416 e. The third kappa shape index (κ3) is 2.38. The van der Waals surface area contributed by atoms with E-state index in [-0.39, 0.29) is 17.9 Å². The van der Waals surface area contributed by atoms with E-state index in [1.165, 1.54) is 11.6 Å². The van der Waals surface area contributed by atoms with Crippen molar-refractivity contribution in [1.29, 1.82) is 0 Å². The van der Waals surface area contributed by atoms with Gasteiger partial charge in [0, 0.05) is 18.8 Å². The Morgan fingerprint density at radius 2 is 2.00 bits per heavy atom. The lowest BCUT2D eigenvalue weighted by Crippen LogP contribution is -2.27. The molecule has 0 saturated heterocycles. The minimum absolute atomic E-state index is 0.0902. The Kier molecular flexibility index (Phi) is 3.28. The summed E-state index contributed by atoms with van der Waals surface area (Å²) in [6.07, 6.45) is -3.53. The molecule has 9 heteroatoms. The highest BCUT2D eigenvalue weighted by molar-refractivity contribution is 5.25. The lowest BCUT2D eigenvalue weighted by molar-refractivity contribution is -0.138. The Morgan fingerprint density at radius 1 is 1.35 bits per heavy atom. The van der Waals surface area contributed by atoms with E-state index in [1.54, 1.807) is 0 Å². The topological polar surface area (TPSA) is 72.7 Å². The summed E-state index contributed by atoms with van der Waals surface area (Å²) in [5.74, 6) is 0.247. The number of nitrogens with one attached hydrogen (secondary N) is 1. The summed E-state index contributed by atoms with van der Waals surface area (Å²) in [7, 11) is 1.45. The number of halogens is 3. The molecule has 2 rings (SSSR count). The summed E-state index contributed by atoms with van der Waals surface area (Å²) in [6, 6.07) is 0.835. The summed E-state index contributed by atoms with van der Waals surface area (Å²) >= 11 is 0. The van der Waals surface area contributed by atoms with Gasteiger partial charge in [-0.15, -0.1) is 0 Å². The van der Waals surface area contributed by atoms with Crippen LogP contribution in [0.4, 0.5) is 13.2 Å². The van der Waals surface area contributed by atoms with Crippen LogP contribution in [0.15, 0.2) is 21.9 Å². The van der Waals surface area contributed by atoms with Crippen LogP contribution in [0.2, 0.25) is 0 Å². The van der Waals surface area contributed by atoms with E-state index in [9.17, 15) is 22.8 Å². The zero-order valence-electron chi connectivity index (χ0n) is 10.7. The van der Waals surface area contributed by atoms with Gasteiger partial charge in [0.15, 0.2) is 5.82 Å². The van der Waals surface area contributed by atoms with E-state index < -0.39 is 23.0 Å². The van der Waals surface area contributed by atoms with Gasteiger partial charge in [-0.05, 0) is 13.0 Å². The van der Waals surface area contributed by atoms with Crippen LogP contribution >= 0.6 is 0 Å². The lowest BCUT2D eigenvalue weighted by atomic mass is 10.1. The second kappa shape index (κ2) is 4.66. The van der Waals surface area contributed by atoms with Gasteiger partial charge in [0.2, 0.25) is 0 Å². The van der Waals surface area contributed by atoms with Crippen LogP contribution in [-0.4, -0.2) is 19.3 Å². The smallest absolute Gasteiger partial charge is 0.308 e. The van der Waals surface area contributed by atoms with E-state index in [1.807, 2.05) is 0 Å². The highest BCUT2D eigenvalue weighted by Gasteiger charge is 2.33. The second-order valence-electron chi connectivity index (χ2n) is 4.29. The molecule has 0 aliphatic heterocycles. The molecule has 0 unspecified atom stereocenters. The fourth-order valence-electron chi connectivity index (χ4n) is 1.79. The molecule has 0 spiro atoms. The maximum Gasteiger partial charge on any atom is 0.416 e. The van der Waals surface area contributed by atoms with Crippen molar-refractivity contribution in [3.05, 3.63) is 50.1 Å². The average molecular weight is 288 g/mol. The number of hydrogen-bond donors (Lipinski definition) is 1. The molecule has 0 saturated carbocycles. The number of aromatic nitrogens is 4. The summed E-state index contributed by atoms with van der Waals surface area (Å²) < 4.78 is 40.2. The fourth-order valence-corrected chi connectivity index (χ4v) is 1.79. The van der Waals surface area contributed by atoms with Crippen molar-refractivity contribution in [2.24, 2.45) is 7.05 Å². The predicted octanol–water partition coefficient (Wildman–Crippen LogP) is 0.646. The molecule has 1 N–H and O–H groups in total. The Labute approximate surface area is 110 Å². The second-order valence-corrected chi connectivity index (χ2v) is 4.29. The lowest BCUT2D eigenvalue weighted by Gasteiger charge is -2.12. The molecule has 0 amide bonds. The van der Waals surface area contributed by atoms with E-state index in [0.717, 1.165) is 23.8 Å². The number of hydrogen-bond acceptors (Lipinski definition) is 3. The molecule has 0 bridgehead atoms. The predicted molar refractivity (Wildman–Crippen MR) is 63.4 cm³/mol. The molecule has 6 nitrogen and oxygen atoms in total. The van der Waals surface area contributed by atoms with Gasteiger partial charge < -0.3 is 4.57 Å². The van der Waals surface area contributed by atoms with Gasteiger partial charge in [-0.2, -0.15) is 18.3 Å². The van der Waals surface area contributed by atoms with Gasteiger partial charge in [-0.1, -0.05) is 0 Å². The number of nitrogens with zero attached hydrogens (tertiary/aromatic N) is 3. The van der Waals surface area contributed by atoms with Crippen LogP contribution in [0.1, 0.15) is 17.0 Å². The van der Waals surface area contributed by atoms with Crippen molar-refractivity contribution in [2.75, 3.05) is 0 Å². The Bertz CT molecular complexity index is 754. The zero-order valence-corrected chi connectivity index (χ0v) is 10.7. The standard InChI is InChI=1S/C11H11F3N4O2/c1-6-7(11(12,13)14)3-4-18(9(6)19)5-8-15-16-10(20)17(8)2/h3-4H,5H2,1-2H3,(H,16,20). The van der Waals surface area contributed by atoms with Crippen LogP contribution in [0.3, 0.4) is 0 Å². The number of alkyl halides is 3. The SMILES string of the molecule is Cc1c(C(F)(F)F)ccn(Cc2n[nH]c(=O)n2C)c1=O. The molecule has 2 aromatic rings. The third-order valence-electron chi connectivity index (χ3n) is 3.00. The molecule has 0 aliphatic rings. The molecule has 0 fully saturated rings. The van der Waals surface area contributed by atoms with Crippen molar-refractivity contribution in [2.45, 2.75) is 19.6 Å². The molecule has 0 atom stereocenters. The van der Waals surface area contributed by atoms with E-state index in [0.29, 0.717) is 0 Å². The normalized spacial score (nSPS) is 11.8. The first-order valence-electron chi connectivity index (χ1n) is 5.59. The summed E-state index contributed by atoms with van der Waals surface area (Å²) in [4.78, 5) is 23.1. The van der Waals surface area contributed by atoms with Crippen LogP contribution in [-0.2, 0) is 19.8 Å².